The van der Waals surface area contributed by atoms with Gasteiger partial charge in [0.2, 0.25) is 0 Å². The van der Waals surface area contributed by atoms with Crippen molar-refractivity contribution in [2.75, 3.05) is 12.3 Å². The molecule has 0 fully saturated rings. The summed E-state index contributed by atoms with van der Waals surface area (Å²) >= 11 is 0. The minimum absolute atomic E-state index is 0.742. The Morgan fingerprint density at radius 2 is 1.85 bits per heavy atom. The molecule has 0 aliphatic carbocycles. The van der Waals surface area contributed by atoms with E-state index in [9.17, 15) is 0 Å². The lowest BCUT2D eigenvalue weighted by Gasteiger charge is -2.07. The highest BCUT2D eigenvalue weighted by atomic mass is 16.5. The highest BCUT2D eigenvalue weighted by Crippen LogP contribution is 2.28. The molecule has 2 aromatic rings. The van der Waals surface area contributed by atoms with Crippen LogP contribution in [0.2, 0.25) is 0 Å². The molecule has 1 aromatic carbocycles. The third-order valence-corrected chi connectivity index (χ3v) is 3.25. The SMILES string of the molecule is CCCOc1ccc(-c2nc(C)n(CCC)c2N)cc1. The monoisotopic (exact) mass is 273 g/mol. The van der Waals surface area contributed by atoms with Gasteiger partial charge in [-0.15, -0.1) is 0 Å². The van der Waals surface area contributed by atoms with E-state index < -0.39 is 0 Å². The predicted molar refractivity (Wildman–Crippen MR) is 82.9 cm³/mol. The van der Waals surface area contributed by atoms with Crippen molar-refractivity contribution in [3.63, 3.8) is 0 Å². The van der Waals surface area contributed by atoms with Crippen LogP contribution in [-0.4, -0.2) is 16.2 Å². The Hall–Kier alpha value is -1.97. The summed E-state index contributed by atoms with van der Waals surface area (Å²) < 4.78 is 7.65. The van der Waals surface area contributed by atoms with Crippen LogP contribution in [0.1, 0.15) is 32.5 Å². The Balaban J connectivity index is 2.25. The summed E-state index contributed by atoms with van der Waals surface area (Å²) in [5.74, 6) is 2.59. The number of aromatic nitrogens is 2. The molecule has 108 valence electrons. The molecule has 0 saturated carbocycles. The summed E-state index contributed by atoms with van der Waals surface area (Å²) in [4.78, 5) is 4.59. The minimum Gasteiger partial charge on any atom is -0.494 e. The molecule has 0 aliphatic heterocycles. The zero-order valence-electron chi connectivity index (χ0n) is 12.5. The maximum Gasteiger partial charge on any atom is 0.131 e. The first kappa shape index (κ1) is 14.4. The fourth-order valence-corrected chi connectivity index (χ4v) is 2.23. The van der Waals surface area contributed by atoms with E-state index in [2.05, 4.69) is 23.4 Å². The van der Waals surface area contributed by atoms with Crippen LogP contribution in [0.25, 0.3) is 11.3 Å². The lowest BCUT2D eigenvalue weighted by molar-refractivity contribution is 0.317. The smallest absolute Gasteiger partial charge is 0.131 e. The molecule has 0 aliphatic rings. The third-order valence-electron chi connectivity index (χ3n) is 3.25. The van der Waals surface area contributed by atoms with Gasteiger partial charge in [-0.05, 0) is 44.0 Å². The fraction of sp³-hybridized carbons (Fsp3) is 0.438. The van der Waals surface area contributed by atoms with E-state index in [0.29, 0.717) is 0 Å². The first-order valence-corrected chi connectivity index (χ1v) is 7.23. The van der Waals surface area contributed by atoms with Crippen LogP contribution in [0.15, 0.2) is 24.3 Å². The number of rotatable bonds is 6. The van der Waals surface area contributed by atoms with E-state index in [1.54, 1.807) is 0 Å². The number of aryl methyl sites for hydroxylation is 1. The number of imidazole rings is 1. The number of nitrogen functional groups attached to an aromatic ring is 1. The van der Waals surface area contributed by atoms with E-state index in [-0.39, 0.29) is 0 Å². The van der Waals surface area contributed by atoms with Gasteiger partial charge in [0.05, 0.1) is 6.61 Å². The second-order valence-electron chi connectivity index (χ2n) is 4.92. The summed E-state index contributed by atoms with van der Waals surface area (Å²) in [5, 5.41) is 0. The van der Waals surface area contributed by atoms with Crippen molar-refractivity contribution in [2.24, 2.45) is 0 Å². The minimum atomic E-state index is 0.742. The third kappa shape index (κ3) is 2.95. The average Bonchev–Trinajstić information content (AvgIpc) is 2.74. The zero-order valence-corrected chi connectivity index (χ0v) is 12.5. The van der Waals surface area contributed by atoms with Gasteiger partial charge >= 0.3 is 0 Å². The Bertz CT molecular complexity index is 558. The number of nitrogens with zero attached hydrogens (tertiary/aromatic N) is 2. The molecule has 0 bridgehead atoms. The van der Waals surface area contributed by atoms with Crippen LogP contribution < -0.4 is 10.5 Å². The molecule has 2 N–H and O–H groups in total. The molecule has 0 radical (unpaired) electrons. The summed E-state index contributed by atoms with van der Waals surface area (Å²) in [5.41, 5.74) is 8.10. The lowest BCUT2D eigenvalue weighted by Crippen LogP contribution is -2.04. The highest BCUT2D eigenvalue weighted by molar-refractivity contribution is 5.71. The number of hydrogen-bond acceptors (Lipinski definition) is 3. The number of benzene rings is 1. The van der Waals surface area contributed by atoms with Crippen LogP contribution in [-0.2, 0) is 6.54 Å². The second kappa shape index (κ2) is 6.46. The van der Waals surface area contributed by atoms with E-state index in [4.69, 9.17) is 10.5 Å². The van der Waals surface area contributed by atoms with E-state index in [1.807, 2.05) is 31.2 Å². The molecule has 0 atom stereocenters. The maximum atomic E-state index is 6.21. The number of ether oxygens (including phenoxy) is 1. The summed E-state index contributed by atoms with van der Waals surface area (Å²) in [6.07, 6.45) is 2.06. The molecule has 1 aromatic heterocycles. The number of nitrogens with two attached hydrogens (primary N) is 1. The first-order valence-electron chi connectivity index (χ1n) is 7.23. The van der Waals surface area contributed by atoms with Crippen LogP contribution >= 0.6 is 0 Å². The normalized spacial score (nSPS) is 10.8. The standard InChI is InChI=1S/C16H23N3O/c1-4-10-19-12(3)18-15(16(19)17)13-6-8-14(9-7-13)20-11-5-2/h6-9H,4-5,10-11,17H2,1-3H3. The van der Waals surface area contributed by atoms with Crippen molar-refractivity contribution in [3.05, 3.63) is 30.1 Å². The largest absolute Gasteiger partial charge is 0.494 e. The average molecular weight is 273 g/mol. The van der Waals surface area contributed by atoms with E-state index >= 15 is 0 Å². The molecular weight excluding hydrogens is 250 g/mol. The maximum absolute atomic E-state index is 6.21. The van der Waals surface area contributed by atoms with Gasteiger partial charge in [-0.25, -0.2) is 4.98 Å². The van der Waals surface area contributed by atoms with Gasteiger partial charge in [0.1, 0.15) is 23.1 Å². The van der Waals surface area contributed by atoms with Gasteiger partial charge in [0.15, 0.2) is 0 Å². The quantitative estimate of drug-likeness (QED) is 0.874. The molecule has 0 saturated heterocycles. The van der Waals surface area contributed by atoms with Crippen molar-refractivity contribution in [3.8, 4) is 17.0 Å². The Labute approximate surface area is 120 Å². The Kier molecular flexibility index (Phi) is 4.66. The zero-order chi connectivity index (χ0) is 14.5. The van der Waals surface area contributed by atoms with Crippen molar-refractivity contribution in [2.45, 2.75) is 40.2 Å². The Morgan fingerprint density at radius 1 is 1.15 bits per heavy atom. The predicted octanol–water partition coefficient (Wildman–Crippen LogP) is 3.64. The molecule has 0 spiro atoms. The van der Waals surface area contributed by atoms with Crippen LogP contribution in [0.5, 0.6) is 5.75 Å². The molecule has 20 heavy (non-hydrogen) atoms. The molecule has 1 heterocycles. The molecule has 4 nitrogen and oxygen atoms in total. The molecular formula is C16H23N3O. The van der Waals surface area contributed by atoms with Crippen LogP contribution in [0.4, 0.5) is 5.82 Å². The first-order chi connectivity index (χ1) is 9.67. The van der Waals surface area contributed by atoms with Gasteiger partial charge < -0.3 is 15.0 Å². The van der Waals surface area contributed by atoms with E-state index in [1.165, 1.54) is 0 Å². The summed E-state index contributed by atoms with van der Waals surface area (Å²) in [6.45, 7) is 7.87. The van der Waals surface area contributed by atoms with Gasteiger partial charge in [-0.1, -0.05) is 13.8 Å². The fourth-order valence-electron chi connectivity index (χ4n) is 2.23. The van der Waals surface area contributed by atoms with Gasteiger partial charge in [-0.2, -0.15) is 0 Å². The number of anilines is 1. The van der Waals surface area contributed by atoms with Gasteiger partial charge in [0.25, 0.3) is 0 Å². The molecule has 0 amide bonds. The Morgan fingerprint density at radius 3 is 2.45 bits per heavy atom. The van der Waals surface area contributed by atoms with Crippen molar-refractivity contribution < 1.29 is 4.74 Å². The van der Waals surface area contributed by atoms with Gasteiger partial charge in [0, 0.05) is 12.1 Å². The topological polar surface area (TPSA) is 53.1 Å². The lowest BCUT2D eigenvalue weighted by atomic mass is 10.1. The highest BCUT2D eigenvalue weighted by Gasteiger charge is 2.13. The van der Waals surface area contributed by atoms with Crippen molar-refractivity contribution in [1.29, 1.82) is 0 Å². The van der Waals surface area contributed by atoms with Crippen LogP contribution in [0.3, 0.4) is 0 Å². The summed E-state index contributed by atoms with van der Waals surface area (Å²) in [7, 11) is 0. The molecule has 4 heteroatoms. The van der Waals surface area contributed by atoms with Crippen molar-refractivity contribution in [1.82, 2.24) is 9.55 Å². The number of hydrogen-bond donors (Lipinski definition) is 1. The molecule has 2 rings (SSSR count). The molecule has 0 unspecified atom stereocenters. The van der Waals surface area contributed by atoms with Crippen LogP contribution in [0, 0.1) is 6.92 Å². The van der Waals surface area contributed by atoms with Crippen molar-refractivity contribution >= 4 is 5.82 Å². The van der Waals surface area contributed by atoms with Gasteiger partial charge in [-0.3, -0.25) is 0 Å². The van der Waals surface area contributed by atoms with E-state index in [0.717, 1.165) is 54.6 Å². The second-order valence-corrected chi connectivity index (χ2v) is 4.92. The summed E-state index contributed by atoms with van der Waals surface area (Å²) in [6, 6.07) is 7.97.